The molecule has 0 aromatic heterocycles. The van der Waals surface area contributed by atoms with E-state index in [-0.39, 0.29) is 23.7 Å². The molecule has 0 unspecified atom stereocenters. The second-order valence-corrected chi connectivity index (χ2v) is 7.68. The zero-order valence-corrected chi connectivity index (χ0v) is 19.2. The number of phenolic OH excluding ortho intramolecular Hbond substituents is 1. The zero-order valence-electron chi connectivity index (χ0n) is 19.2. The number of nitrogens with zero attached hydrogens (tertiary/aromatic N) is 1. The van der Waals surface area contributed by atoms with Gasteiger partial charge in [-0.3, -0.25) is 9.59 Å². The Balaban J connectivity index is 1.57. The highest BCUT2D eigenvalue weighted by Gasteiger charge is 2.21. The van der Waals surface area contributed by atoms with Gasteiger partial charge in [-0.1, -0.05) is 24.3 Å². The number of carbonyl (C=O) groups excluding carboxylic acids is 3. The summed E-state index contributed by atoms with van der Waals surface area (Å²) in [6, 6.07) is 9.62. The third-order valence-electron chi connectivity index (χ3n) is 5.22. The number of carbonyl (C=O) groups is 3. The maximum Gasteiger partial charge on any atom is 0.415 e. The van der Waals surface area contributed by atoms with Crippen LogP contribution < -0.4 is 14.2 Å². The Labute approximate surface area is 198 Å². The molecule has 1 amide bonds. The lowest BCUT2D eigenvalue weighted by Crippen LogP contribution is -2.30. The van der Waals surface area contributed by atoms with E-state index in [1.54, 1.807) is 47.4 Å². The standard InChI is InChI=1S/C26H27NO7/c1-32-24-15-18(7-11-22(24)30)5-9-20(28)17-21(29)10-6-19-8-12-23(25(16-19)33-2)34-26(31)27-13-3-4-14-27/h5-12,15-16,30H,3-4,13-14,17H2,1-2H3/b9-5+,10-6+. The van der Waals surface area contributed by atoms with E-state index >= 15 is 0 Å². The normalized spacial score (nSPS) is 13.4. The summed E-state index contributed by atoms with van der Waals surface area (Å²) in [4.78, 5) is 38.2. The fraction of sp³-hybridized carbons (Fsp3) is 0.269. The molecule has 0 radical (unpaired) electrons. The fourth-order valence-corrected chi connectivity index (χ4v) is 3.40. The van der Waals surface area contributed by atoms with Gasteiger partial charge in [-0.25, -0.2) is 4.79 Å². The van der Waals surface area contributed by atoms with Gasteiger partial charge in [0.15, 0.2) is 34.6 Å². The van der Waals surface area contributed by atoms with Crippen molar-refractivity contribution < 1.29 is 33.7 Å². The number of allylic oxidation sites excluding steroid dienone is 2. The molecule has 1 heterocycles. The summed E-state index contributed by atoms with van der Waals surface area (Å²) < 4.78 is 15.8. The molecule has 0 saturated carbocycles. The molecular formula is C26H27NO7. The van der Waals surface area contributed by atoms with Gasteiger partial charge < -0.3 is 24.2 Å². The Hall–Kier alpha value is -4.07. The lowest BCUT2D eigenvalue weighted by molar-refractivity contribution is -0.121. The summed E-state index contributed by atoms with van der Waals surface area (Å²) in [5, 5.41) is 9.62. The van der Waals surface area contributed by atoms with Gasteiger partial charge in [0.05, 0.1) is 20.6 Å². The maximum absolute atomic E-state index is 12.2. The molecule has 8 heteroatoms. The summed E-state index contributed by atoms with van der Waals surface area (Å²) in [6.45, 7) is 1.36. The first-order valence-corrected chi connectivity index (χ1v) is 10.8. The van der Waals surface area contributed by atoms with Gasteiger partial charge >= 0.3 is 6.09 Å². The topological polar surface area (TPSA) is 102 Å². The summed E-state index contributed by atoms with van der Waals surface area (Å²) in [6.07, 6.45) is 6.98. The van der Waals surface area contributed by atoms with E-state index in [9.17, 15) is 19.5 Å². The molecule has 178 valence electrons. The minimum atomic E-state index is -0.411. The Kier molecular flexibility index (Phi) is 8.45. The smallest absolute Gasteiger partial charge is 0.415 e. The van der Waals surface area contributed by atoms with E-state index in [0.29, 0.717) is 41.5 Å². The Morgan fingerprint density at radius 2 is 1.41 bits per heavy atom. The van der Waals surface area contributed by atoms with Gasteiger partial charge in [-0.05, 0) is 60.4 Å². The second-order valence-electron chi connectivity index (χ2n) is 7.68. The Morgan fingerprint density at radius 3 is 2.00 bits per heavy atom. The van der Waals surface area contributed by atoms with Crippen LogP contribution in [0.25, 0.3) is 12.2 Å². The third-order valence-corrected chi connectivity index (χ3v) is 5.22. The first-order chi connectivity index (χ1) is 16.4. The van der Waals surface area contributed by atoms with Crippen LogP contribution in [0.4, 0.5) is 4.79 Å². The number of phenols is 1. The molecule has 0 aliphatic carbocycles. The van der Waals surface area contributed by atoms with Crippen LogP contribution >= 0.6 is 0 Å². The van der Waals surface area contributed by atoms with Crippen LogP contribution in [0.15, 0.2) is 48.6 Å². The van der Waals surface area contributed by atoms with Gasteiger partial charge in [0.1, 0.15) is 0 Å². The zero-order chi connectivity index (χ0) is 24.5. The number of hydrogen-bond acceptors (Lipinski definition) is 7. The van der Waals surface area contributed by atoms with Crippen molar-refractivity contribution in [1.82, 2.24) is 4.90 Å². The van der Waals surface area contributed by atoms with Crippen molar-refractivity contribution in [3.8, 4) is 23.0 Å². The van der Waals surface area contributed by atoms with Crippen molar-refractivity contribution in [3.63, 3.8) is 0 Å². The summed E-state index contributed by atoms with van der Waals surface area (Å²) >= 11 is 0. The largest absolute Gasteiger partial charge is 0.504 e. The van der Waals surface area contributed by atoms with E-state index in [1.807, 2.05) is 0 Å². The number of hydrogen-bond donors (Lipinski definition) is 1. The summed E-state index contributed by atoms with van der Waals surface area (Å²) in [5.74, 6) is 0.242. The number of benzene rings is 2. The van der Waals surface area contributed by atoms with Crippen molar-refractivity contribution in [2.24, 2.45) is 0 Å². The fourth-order valence-electron chi connectivity index (χ4n) is 3.40. The number of likely N-dealkylation sites (tertiary alicyclic amines) is 1. The quantitative estimate of drug-likeness (QED) is 0.436. The molecule has 3 rings (SSSR count). The van der Waals surface area contributed by atoms with E-state index in [0.717, 1.165) is 12.8 Å². The predicted molar refractivity (Wildman–Crippen MR) is 127 cm³/mol. The van der Waals surface area contributed by atoms with Crippen LogP contribution in [-0.4, -0.2) is 55.0 Å². The Morgan fingerprint density at radius 1 is 0.853 bits per heavy atom. The SMILES string of the molecule is COc1cc(/C=C/C(=O)CC(=O)/C=C/c2ccc(OC(=O)N3CCCC3)c(OC)c2)ccc1O. The van der Waals surface area contributed by atoms with Crippen molar-refractivity contribution in [3.05, 3.63) is 59.7 Å². The number of ketones is 2. The molecule has 1 saturated heterocycles. The van der Waals surface area contributed by atoms with Gasteiger partial charge in [-0.2, -0.15) is 0 Å². The molecule has 2 aromatic rings. The van der Waals surface area contributed by atoms with Crippen molar-refractivity contribution in [2.75, 3.05) is 27.3 Å². The molecule has 1 aliphatic rings. The first kappa shape index (κ1) is 24.6. The molecule has 1 fully saturated rings. The average Bonchev–Trinajstić information content (AvgIpc) is 3.38. The molecule has 0 spiro atoms. The molecule has 34 heavy (non-hydrogen) atoms. The Bertz CT molecular complexity index is 1110. The third kappa shape index (κ3) is 6.71. The minimum absolute atomic E-state index is 0.000655. The van der Waals surface area contributed by atoms with Crippen LogP contribution in [0.1, 0.15) is 30.4 Å². The molecule has 1 N–H and O–H groups in total. The number of amides is 1. The number of aromatic hydroxyl groups is 1. The van der Waals surface area contributed by atoms with Crippen LogP contribution in [-0.2, 0) is 9.59 Å². The van der Waals surface area contributed by atoms with Gasteiger partial charge in [-0.15, -0.1) is 0 Å². The minimum Gasteiger partial charge on any atom is -0.504 e. The summed E-state index contributed by atoms with van der Waals surface area (Å²) in [5.41, 5.74) is 1.31. The van der Waals surface area contributed by atoms with Crippen LogP contribution in [0.5, 0.6) is 23.0 Å². The van der Waals surface area contributed by atoms with Crippen LogP contribution in [0.2, 0.25) is 0 Å². The average molecular weight is 466 g/mol. The van der Waals surface area contributed by atoms with Crippen molar-refractivity contribution >= 4 is 29.8 Å². The maximum atomic E-state index is 12.2. The lowest BCUT2D eigenvalue weighted by Gasteiger charge is -2.16. The van der Waals surface area contributed by atoms with Gasteiger partial charge in [0.25, 0.3) is 0 Å². The van der Waals surface area contributed by atoms with Gasteiger partial charge in [0, 0.05) is 13.1 Å². The lowest BCUT2D eigenvalue weighted by atomic mass is 10.1. The molecule has 8 nitrogen and oxygen atoms in total. The second kappa shape index (κ2) is 11.7. The first-order valence-electron chi connectivity index (χ1n) is 10.8. The molecular weight excluding hydrogens is 438 g/mol. The highest BCUT2D eigenvalue weighted by Crippen LogP contribution is 2.30. The summed E-state index contributed by atoms with van der Waals surface area (Å²) in [7, 11) is 2.90. The monoisotopic (exact) mass is 465 g/mol. The van der Waals surface area contributed by atoms with Gasteiger partial charge in [0.2, 0.25) is 0 Å². The number of rotatable bonds is 9. The molecule has 0 bridgehead atoms. The highest BCUT2D eigenvalue weighted by atomic mass is 16.6. The van der Waals surface area contributed by atoms with E-state index in [1.165, 1.54) is 32.4 Å². The number of ether oxygens (including phenoxy) is 3. The van der Waals surface area contributed by atoms with Crippen molar-refractivity contribution in [2.45, 2.75) is 19.3 Å². The predicted octanol–water partition coefficient (Wildman–Crippen LogP) is 4.26. The van der Waals surface area contributed by atoms with E-state index < -0.39 is 6.09 Å². The van der Waals surface area contributed by atoms with Crippen LogP contribution in [0, 0.1) is 0 Å². The molecule has 2 aromatic carbocycles. The molecule has 0 atom stereocenters. The van der Waals surface area contributed by atoms with Crippen molar-refractivity contribution in [1.29, 1.82) is 0 Å². The number of methoxy groups -OCH3 is 2. The van der Waals surface area contributed by atoms with Crippen LogP contribution in [0.3, 0.4) is 0 Å². The molecule has 1 aliphatic heterocycles. The van der Waals surface area contributed by atoms with E-state index in [2.05, 4.69) is 0 Å². The highest BCUT2D eigenvalue weighted by molar-refractivity contribution is 6.10. The van der Waals surface area contributed by atoms with E-state index in [4.69, 9.17) is 14.2 Å².